The lowest BCUT2D eigenvalue weighted by atomic mass is 10.2. The third kappa shape index (κ3) is 4.26. The molecule has 0 aliphatic rings. The molecule has 0 unspecified atom stereocenters. The normalized spacial score (nSPS) is 9.53. The Kier molecular flexibility index (Phi) is 5.33. The van der Waals surface area contributed by atoms with E-state index in [4.69, 9.17) is 11.2 Å². The van der Waals surface area contributed by atoms with Crippen molar-refractivity contribution >= 4 is 27.5 Å². The Bertz CT molecular complexity index is 551. The maximum Gasteiger partial charge on any atom is 0.312 e. The number of nitro benzene ring substituents is 1. The molecule has 0 aliphatic heterocycles. The van der Waals surface area contributed by atoms with Gasteiger partial charge in [0.05, 0.1) is 11.5 Å². The number of nitro groups is 1. The maximum absolute atomic E-state index is 11.3. The summed E-state index contributed by atoms with van der Waals surface area (Å²) in [7, 11) is 0. The Hall–Kier alpha value is -2.07. The second-order valence-electron chi connectivity index (χ2n) is 3.60. The summed E-state index contributed by atoms with van der Waals surface area (Å²) in [5, 5.41) is 13.3. The molecule has 0 aromatic heterocycles. The fourth-order valence-electron chi connectivity index (χ4n) is 1.37. The average Bonchev–Trinajstić information content (AvgIpc) is 2.34. The molecule has 0 fully saturated rings. The summed E-state index contributed by atoms with van der Waals surface area (Å²) in [4.78, 5) is 21.7. The van der Waals surface area contributed by atoms with Crippen LogP contribution in [0.5, 0.6) is 5.75 Å². The van der Waals surface area contributed by atoms with Crippen LogP contribution in [-0.2, 0) is 4.79 Å². The highest BCUT2D eigenvalue weighted by Crippen LogP contribution is 2.33. The van der Waals surface area contributed by atoms with Crippen LogP contribution in [0, 0.1) is 29.4 Å². The smallest absolute Gasteiger partial charge is 0.312 e. The summed E-state index contributed by atoms with van der Waals surface area (Å²) in [5.41, 5.74) is 0.363. The molecule has 1 N–H and O–H groups in total. The minimum atomic E-state index is -0.563. The fraction of sp³-hybridized carbons (Fsp3) is 0.250. The Balaban J connectivity index is 2.86. The molecule has 0 radical (unpaired) electrons. The number of halogens is 1. The van der Waals surface area contributed by atoms with Gasteiger partial charge in [0.25, 0.3) is 5.91 Å². The zero-order valence-corrected chi connectivity index (χ0v) is 11.7. The van der Waals surface area contributed by atoms with Crippen LogP contribution in [0.1, 0.15) is 5.56 Å². The van der Waals surface area contributed by atoms with Gasteiger partial charge in [0.1, 0.15) is 0 Å². The molecule has 0 saturated carbocycles. The number of carbonyl (C=O) groups excluding carboxylic acids is 1. The van der Waals surface area contributed by atoms with Gasteiger partial charge >= 0.3 is 5.69 Å². The largest absolute Gasteiger partial charge is 0.477 e. The predicted octanol–water partition coefficient (Wildman–Crippen LogP) is 1.79. The molecule has 0 heterocycles. The van der Waals surface area contributed by atoms with Crippen molar-refractivity contribution in [1.29, 1.82) is 0 Å². The molecule has 1 aromatic rings. The lowest BCUT2D eigenvalue weighted by molar-refractivity contribution is -0.385. The lowest BCUT2D eigenvalue weighted by Gasteiger charge is -2.09. The van der Waals surface area contributed by atoms with E-state index < -0.39 is 10.8 Å². The summed E-state index contributed by atoms with van der Waals surface area (Å²) in [5.74, 6) is 1.88. The van der Waals surface area contributed by atoms with Gasteiger partial charge in [0, 0.05) is 10.5 Å². The van der Waals surface area contributed by atoms with Crippen molar-refractivity contribution in [1.82, 2.24) is 5.32 Å². The maximum atomic E-state index is 11.3. The SMILES string of the molecule is C#CCNC(=O)COc1c(C)cc(Br)cc1[N+](=O)[O-]. The Morgan fingerprint density at radius 2 is 2.32 bits per heavy atom. The van der Waals surface area contributed by atoms with E-state index in [1.807, 2.05) is 0 Å². The number of hydrogen-bond acceptors (Lipinski definition) is 4. The van der Waals surface area contributed by atoms with E-state index in [2.05, 4.69) is 27.2 Å². The highest BCUT2D eigenvalue weighted by Gasteiger charge is 2.19. The molecule has 7 heteroatoms. The van der Waals surface area contributed by atoms with Gasteiger partial charge < -0.3 is 10.1 Å². The van der Waals surface area contributed by atoms with Crippen LogP contribution in [-0.4, -0.2) is 24.0 Å². The first-order chi connectivity index (χ1) is 8.95. The summed E-state index contributed by atoms with van der Waals surface area (Å²) in [6.07, 6.45) is 4.99. The number of amides is 1. The molecule has 1 aromatic carbocycles. The van der Waals surface area contributed by atoms with Gasteiger partial charge in [-0.15, -0.1) is 6.42 Å². The van der Waals surface area contributed by atoms with Crippen molar-refractivity contribution in [3.8, 4) is 18.1 Å². The standard InChI is InChI=1S/C12H11BrN2O4/c1-3-4-14-11(16)7-19-12-8(2)5-9(13)6-10(12)15(17)18/h1,5-6H,4,7H2,2H3,(H,14,16). The summed E-state index contributed by atoms with van der Waals surface area (Å²) >= 11 is 3.17. The van der Waals surface area contributed by atoms with Crippen LogP contribution in [0.3, 0.4) is 0 Å². The third-order valence-electron chi connectivity index (χ3n) is 2.15. The van der Waals surface area contributed by atoms with Crippen LogP contribution in [0.15, 0.2) is 16.6 Å². The second-order valence-corrected chi connectivity index (χ2v) is 4.51. The topological polar surface area (TPSA) is 81.5 Å². The van der Waals surface area contributed by atoms with E-state index in [1.165, 1.54) is 6.07 Å². The Morgan fingerprint density at radius 3 is 2.89 bits per heavy atom. The first kappa shape index (κ1) is 15.0. The highest BCUT2D eigenvalue weighted by molar-refractivity contribution is 9.10. The van der Waals surface area contributed by atoms with E-state index >= 15 is 0 Å². The number of nitrogens with one attached hydrogen (secondary N) is 1. The van der Waals surface area contributed by atoms with Gasteiger partial charge in [-0.25, -0.2) is 0 Å². The van der Waals surface area contributed by atoms with Gasteiger partial charge in [-0.2, -0.15) is 0 Å². The van der Waals surface area contributed by atoms with Gasteiger partial charge in [-0.3, -0.25) is 14.9 Å². The van der Waals surface area contributed by atoms with E-state index in [9.17, 15) is 14.9 Å². The highest BCUT2D eigenvalue weighted by atomic mass is 79.9. The zero-order chi connectivity index (χ0) is 14.4. The number of aryl methyl sites for hydroxylation is 1. The lowest BCUT2D eigenvalue weighted by Crippen LogP contribution is -2.29. The molecular weight excluding hydrogens is 316 g/mol. The molecule has 6 nitrogen and oxygen atoms in total. The van der Waals surface area contributed by atoms with Crippen molar-refractivity contribution in [2.45, 2.75) is 6.92 Å². The third-order valence-corrected chi connectivity index (χ3v) is 2.61. The van der Waals surface area contributed by atoms with Crippen molar-refractivity contribution in [2.75, 3.05) is 13.2 Å². The van der Waals surface area contributed by atoms with Crippen LogP contribution < -0.4 is 10.1 Å². The van der Waals surface area contributed by atoms with Crippen molar-refractivity contribution in [2.24, 2.45) is 0 Å². The number of ether oxygens (including phenoxy) is 1. The van der Waals surface area contributed by atoms with Gasteiger partial charge in [-0.1, -0.05) is 21.9 Å². The summed E-state index contributed by atoms with van der Waals surface area (Å²) in [6.45, 7) is 1.42. The van der Waals surface area contributed by atoms with Crippen LogP contribution in [0.4, 0.5) is 5.69 Å². The fourth-order valence-corrected chi connectivity index (χ4v) is 1.93. The van der Waals surface area contributed by atoms with Crippen LogP contribution in [0.2, 0.25) is 0 Å². The summed E-state index contributed by atoms with van der Waals surface area (Å²) < 4.78 is 5.77. The van der Waals surface area contributed by atoms with Gasteiger partial charge in [0.15, 0.2) is 6.61 Å². The molecule has 1 amide bonds. The molecule has 100 valence electrons. The minimum Gasteiger partial charge on any atom is -0.477 e. The minimum absolute atomic E-state index is 0.0732. The van der Waals surface area contributed by atoms with Crippen molar-refractivity contribution in [3.05, 3.63) is 32.3 Å². The van der Waals surface area contributed by atoms with Crippen molar-refractivity contribution in [3.63, 3.8) is 0 Å². The molecule has 0 saturated heterocycles. The number of rotatable bonds is 5. The quantitative estimate of drug-likeness (QED) is 0.508. The first-order valence-corrected chi connectivity index (χ1v) is 6.02. The number of hydrogen-bond donors (Lipinski definition) is 1. The molecule has 0 aliphatic carbocycles. The second kappa shape index (κ2) is 6.75. The molecule has 0 bridgehead atoms. The molecule has 0 spiro atoms. The number of terminal acetylenes is 1. The van der Waals surface area contributed by atoms with Crippen LogP contribution >= 0.6 is 15.9 Å². The Labute approximate surface area is 118 Å². The molecule has 0 atom stereocenters. The first-order valence-electron chi connectivity index (χ1n) is 5.23. The van der Waals surface area contributed by atoms with E-state index in [0.29, 0.717) is 10.0 Å². The molecule has 19 heavy (non-hydrogen) atoms. The predicted molar refractivity (Wildman–Crippen MR) is 72.9 cm³/mol. The number of carbonyl (C=O) groups is 1. The monoisotopic (exact) mass is 326 g/mol. The van der Waals surface area contributed by atoms with Gasteiger partial charge in [0.2, 0.25) is 5.75 Å². The average molecular weight is 327 g/mol. The number of benzene rings is 1. The molecule has 1 rings (SSSR count). The van der Waals surface area contributed by atoms with Crippen LogP contribution in [0.25, 0.3) is 0 Å². The van der Waals surface area contributed by atoms with E-state index in [-0.39, 0.29) is 24.6 Å². The van der Waals surface area contributed by atoms with E-state index in [0.717, 1.165) is 0 Å². The Morgan fingerprint density at radius 1 is 1.63 bits per heavy atom. The summed E-state index contributed by atoms with van der Waals surface area (Å²) in [6, 6.07) is 2.99. The van der Waals surface area contributed by atoms with Gasteiger partial charge in [-0.05, 0) is 18.6 Å². The zero-order valence-electron chi connectivity index (χ0n) is 10.1. The molecular formula is C12H11BrN2O4. The number of nitrogens with zero attached hydrogens (tertiary/aromatic N) is 1. The van der Waals surface area contributed by atoms with Crippen molar-refractivity contribution < 1.29 is 14.5 Å². The van der Waals surface area contributed by atoms with E-state index in [1.54, 1.807) is 13.0 Å².